The molecule has 0 bridgehead atoms. The average molecular weight is 351 g/mol. The monoisotopic (exact) mass is 351 g/mol. The third kappa shape index (κ3) is 2.65. The highest BCUT2D eigenvalue weighted by Crippen LogP contribution is 2.34. The van der Waals surface area contributed by atoms with E-state index in [4.69, 9.17) is 10.3 Å². The Hall–Kier alpha value is -3.09. The van der Waals surface area contributed by atoms with Crippen molar-refractivity contribution in [3.63, 3.8) is 0 Å². The maximum atomic E-state index is 13.0. The van der Waals surface area contributed by atoms with Gasteiger partial charge in [0.15, 0.2) is 0 Å². The standard InChI is InChI=1S/C18H17N5O3/c19-21-20-4-5-23-17(24)14-3-1-2-12-10-13(22-6-8-26-9-7-22)11-15(16(12)14)18(23)25/h1-3,10-11H,4-9H2. The summed E-state index contributed by atoms with van der Waals surface area (Å²) in [5.41, 5.74) is 10.4. The lowest BCUT2D eigenvalue weighted by molar-refractivity contribution is 0.0615. The van der Waals surface area contributed by atoms with E-state index >= 15 is 0 Å². The topological polar surface area (TPSA) is 98.6 Å². The third-order valence-electron chi connectivity index (χ3n) is 4.78. The number of amides is 2. The highest BCUT2D eigenvalue weighted by atomic mass is 16.5. The first-order chi connectivity index (χ1) is 12.7. The first-order valence-electron chi connectivity index (χ1n) is 8.47. The van der Waals surface area contributed by atoms with Crippen molar-refractivity contribution in [1.29, 1.82) is 0 Å². The zero-order chi connectivity index (χ0) is 18.1. The second-order valence-corrected chi connectivity index (χ2v) is 6.21. The van der Waals surface area contributed by atoms with Gasteiger partial charge in [0, 0.05) is 47.7 Å². The molecule has 8 heteroatoms. The van der Waals surface area contributed by atoms with Crippen LogP contribution in [0.4, 0.5) is 5.69 Å². The molecule has 2 aliphatic rings. The molecule has 132 valence electrons. The highest BCUT2D eigenvalue weighted by Gasteiger charge is 2.33. The lowest BCUT2D eigenvalue weighted by Gasteiger charge is -2.31. The Morgan fingerprint density at radius 3 is 2.65 bits per heavy atom. The third-order valence-corrected chi connectivity index (χ3v) is 4.78. The summed E-state index contributed by atoms with van der Waals surface area (Å²) in [5, 5.41) is 5.01. The van der Waals surface area contributed by atoms with Crippen molar-refractivity contribution in [1.82, 2.24) is 4.90 Å². The number of hydrogen-bond donors (Lipinski definition) is 0. The fourth-order valence-electron chi connectivity index (χ4n) is 3.54. The maximum Gasteiger partial charge on any atom is 0.261 e. The van der Waals surface area contributed by atoms with Crippen LogP contribution >= 0.6 is 0 Å². The van der Waals surface area contributed by atoms with Crippen molar-refractivity contribution < 1.29 is 14.3 Å². The number of nitrogens with zero attached hydrogens (tertiary/aromatic N) is 5. The molecule has 0 atom stereocenters. The minimum Gasteiger partial charge on any atom is -0.378 e. The lowest BCUT2D eigenvalue weighted by atomic mass is 9.93. The van der Waals surface area contributed by atoms with Crippen LogP contribution in [-0.2, 0) is 4.74 Å². The fourth-order valence-corrected chi connectivity index (χ4v) is 3.54. The second-order valence-electron chi connectivity index (χ2n) is 6.21. The SMILES string of the molecule is [N-]=[N+]=NCCN1C(=O)c2cccc3cc(N4CCOCC4)cc(c23)C1=O. The molecule has 1 saturated heterocycles. The zero-order valence-corrected chi connectivity index (χ0v) is 14.1. The van der Waals surface area contributed by atoms with Gasteiger partial charge in [-0.3, -0.25) is 14.5 Å². The van der Waals surface area contributed by atoms with Gasteiger partial charge in [0.2, 0.25) is 0 Å². The molecule has 0 unspecified atom stereocenters. The Morgan fingerprint density at radius 1 is 1.12 bits per heavy atom. The summed E-state index contributed by atoms with van der Waals surface area (Å²) in [4.78, 5) is 31.7. The van der Waals surface area contributed by atoms with E-state index in [0.29, 0.717) is 29.7 Å². The van der Waals surface area contributed by atoms with Crippen molar-refractivity contribution in [2.75, 3.05) is 44.3 Å². The Morgan fingerprint density at radius 2 is 1.88 bits per heavy atom. The molecule has 26 heavy (non-hydrogen) atoms. The number of anilines is 1. The lowest BCUT2D eigenvalue weighted by Crippen LogP contribution is -2.42. The van der Waals surface area contributed by atoms with Crippen molar-refractivity contribution in [2.24, 2.45) is 5.11 Å². The van der Waals surface area contributed by atoms with E-state index in [2.05, 4.69) is 14.9 Å². The van der Waals surface area contributed by atoms with Crippen molar-refractivity contribution in [3.05, 3.63) is 51.9 Å². The van der Waals surface area contributed by atoms with Crippen LogP contribution in [0.25, 0.3) is 21.2 Å². The van der Waals surface area contributed by atoms with Gasteiger partial charge in [-0.15, -0.1) is 0 Å². The maximum absolute atomic E-state index is 13.0. The van der Waals surface area contributed by atoms with Crippen molar-refractivity contribution >= 4 is 28.3 Å². The molecule has 2 aromatic rings. The molecule has 0 spiro atoms. The summed E-state index contributed by atoms with van der Waals surface area (Å²) in [6.07, 6.45) is 0. The molecule has 4 rings (SSSR count). The van der Waals surface area contributed by atoms with E-state index < -0.39 is 0 Å². The van der Waals surface area contributed by atoms with Crippen LogP contribution < -0.4 is 4.90 Å². The first kappa shape index (κ1) is 16.4. The smallest absolute Gasteiger partial charge is 0.261 e. The van der Waals surface area contributed by atoms with Gasteiger partial charge < -0.3 is 9.64 Å². The predicted molar refractivity (Wildman–Crippen MR) is 96.4 cm³/mol. The summed E-state index contributed by atoms with van der Waals surface area (Å²) in [5.74, 6) is -0.692. The molecular formula is C18H17N5O3. The summed E-state index contributed by atoms with van der Waals surface area (Å²) >= 11 is 0. The summed E-state index contributed by atoms with van der Waals surface area (Å²) in [6.45, 7) is 2.95. The van der Waals surface area contributed by atoms with Crippen LogP contribution in [0.1, 0.15) is 20.7 Å². The van der Waals surface area contributed by atoms with Crippen molar-refractivity contribution in [3.8, 4) is 0 Å². The number of carbonyl (C=O) groups is 2. The van der Waals surface area contributed by atoms with Crippen molar-refractivity contribution in [2.45, 2.75) is 0 Å². The minimum atomic E-state index is -0.347. The van der Waals surface area contributed by atoms with Gasteiger partial charge >= 0.3 is 0 Å². The molecule has 0 radical (unpaired) electrons. The number of benzene rings is 2. The molecule has 0 saturated carbocycles. The van der Waals surface area contributed by atoms with E-state index in [0.717, 1.165) is 29.1 Å². The number of imide groups is 1. The highest BCUT2D eigenvalue weighted by molar-refractivity contribution is 6.26. The van der Waals surface area contributed by atoms with E-state index in [1.165, 1.54) is 0 Å². The van der Waals surface area contributed by atoms with Crippen LogP contribution in [0.2, 0.25) is 0 Å². The van der Waals surface area contributed by atoms with Gasteiger partial charge in [-0.25, -0.2) is 0 Å². The van der Waals surface area contributed by atoms with Gasteiger partial charge in [0.05, 0.1) is 18.8 Å². The van der Waals surface area contributed by atoms with Crippen LogP contribution in [0.15, 0.2) is 35.4 Å². The van der Waals surface area contributed by atoms with E-state index in [1.807, 2.05) is 24.3 Å². The second kappa shape index (κ2) is 6.67. The predicted octanol–water partition coefficient (Wildman–Crippen LogP) is 2.58. The van der Waals surface area contributed by atoms with Gasteiger partial charge in [-0.05, 0) is 29.1 Å². The Bertz CT molecular complexity index is 945. The number of rotatable bonds is 4. The van der Waals surface area contributed by atoms with Gasteiger partial charge in [0.1, 0.15) is 0 Å². The number of hydrogen-bond acceptors (Lipinski definition) is 5. The fraction of sp³-hybridized carbons (Fsp3) is 0.333. The normalized spacial score (nSPS) is 16.8. The quantitative estimate of drug-likeness (QED) is 0.366. The summed E-state index contributed by atoms with van der Waals surface area (Å²) in [7, 11) is 0. The molecule has 0 aliphatic carbocycles. The summed E-state index contributed by atoms with van der Waals surface area (Å²) in [6, 6.07) is 9.35. The molecule has 8 nitrogen and oxygen atoms in total. The molecule has 0 N–H and O–H groups in total. The molecule has 1 fully saturated rings. The van der Waals surface area contributed by atoms with Gasteiger partial charge in [-0.2, -0.15) is 0 Å². The average Bonchev–Trinajstić information content (AvgIpc) is 2.69. The van der Waals surface area contributed by atoms with Crippen LogP contribution in [0.5, 0.6) is 0 Å². The van der Waals surface area contributed by atoms with E-state index in [9.17, 15) is 9.59 Å². The Balaban J connectivity index is 1.82. The van der Waals surface area contributed by atoms with Gasteiger partial charge in [0.25, 0.3) is 11.8 Å². The molecule has 2 aliphatic heterocycles. The molecule has 2 aromatic carbocycles. The number of carbonyl (C=O) groups excluding carboxylic acids is 2. The van der Waals surface area contributed by atoms with Crippen LogP contribution in [0.3, 0.4) is 0 Å². The largest absolute Gasteiger partial charge is 0.378 e. The zero-order valence-electron chi connectivity index (χ0n) is 14.1. The molecule has 0 aromatic heterocycles. The summed E-state index contributed by atoms with van der Waals surface area (Å²) < 4.78 is 5.40. The molecule has 2 amide bonds. The Labute approximate surface area is 149 Å². The van der Waals surface area contributed by atoms with Crippen LogP contribution in [-0.4, -0.2) is 56.1 Å². The first-order valence-corrected chi connectivity index (χ1v) is 8.47. The van der Waals surface area contributed by atoms with Gasteiger partial charge in [-0.1, -0.05) is 17.2 Å². The minimum absolute atomic E-state index is 0.0580. The van der Waals surface area contributed by atoms with E-state index in [1.54, 1.807) is 6.07 Å². The number of ether oxygens (including phenoxy) is 1. The van der Waals surface area contributed by atoms with E-state index in [-0.39, 0.29) is 24.9 Å². The van der Waals surface area contributed by atoms with Crippen LogP contribution in [0, 0.1) is 0 Å². The molecule has 2 heterocycles. The molecular weight excluding hydrogens is 334 g/mol. The Kier molecular flexibility index (Phi) is 4.20. The number of azide groups is 1. The number of morpholine rings is 1.